The van der Waals surface area contributed by atoms with Crippen LogP contribution in [-0.2, 0) is 5.41 Å². The van der Waals surface area contributed by atoms with E-state index < -0.39 is 0 Å². The van der Waals surface area contributed by atoms with Crippen molar-refractivity contribution >= 4 is 23.1 Å². The molecule has 2 N–H and O–H groups in total. The Balaban J connectivity index is 1.61. The van der Waals surface area contributed by atoms with Crippen LogP contribution in [0.1, 0.15) is 43.7 Å². The van der Waals surface area contributed by atoms with Crippen molar-refractivity contribution in [3.63, 3.8) is 0 Å². The molecule has 1 heterocycles. The molecule has 1 amide bonds. The lowest BCUT2D eigenvalue weighted by molar-refractivity contribution is 0.102. The summed E-state index contributed by atoms with van der Waals surface area (Å²) in [6, 6.07) is 15.4. The lowest BCUT2D eigenvalue weighted by atomic mass is 9.87. The minimum absolute atomic E-state index is 0.108. The van der Waals surface area contributed by atoms with Gasteiger partial charge in [-0.05, 0) is 54.3 Å². The van der Waals surface area contributed by atoms with Crippen LogP contribution in [0.5, 0.6) is 5.75 Å². The first-order valence-corrected chi connectivity index (χ1v) is 9.59. The van der Waals surface area contributed by atoms with E-state index in [1.165, 1.54) is 11.8 Å². The zero-order valence-electron chi connectivity index (χ0n) is 17.2. The summed E-state index contributed by atoms with van der Waals surface area (Å²) in [6.45, 7) is 9.06. The molecule has 0 bridgehead atoms. The minimum Gasteiger partial charge on any atom is -0.494 e. The summed E-state index contributed by atoms with van der Waals surface area (Å²) in [5.41, 5.74) is 3.19. The number of rotatable bonds is 6. The second-order valence-corrected chi connectivity index (χ2v) is 7.65. The maximum atomic E-state index is 12.4. The van der Waals surface area contributed by atoms with Crippen LogP contribution in [0.25, 0.3) is 0 Å². The van der Waals surface area contributed by atoms with E-state index in [-0.39, 0.29) is 17.0 Å². The normalized spacial score (nSPS) is 11.0. The molecule has 0 aliphatic carbocycles. The summed E-state index contributed by atoms with van der Waals surface area (Å²) in [4.78, 5) is 20.9. The van der Waals surface area contributed by atoms with Crippen molar-refractivity contribution in [2.45, 2.75) is 33.1 Å². The average molecular weight is 390 g/mol. The van der Waals surface area contributed by atoms with Crippen LogP contribution in [-0.4, -0.2) is 22.5 Å². The molecule has 0 spiro atoms. The molecule has 3 aromatic rings. The number of hydrogen-bond donors (Lipinski definition) is 2. The van der Waals surface area contributed by atoms with Crippen LogP contribution in [0.15, 0.2) is 60.9 Å². The van der Waals surface area contributed by atoms with Gasteiger partial charge in [-0.1, -0.05) is 32.9 Å². The topological polar surface area (TPSA) is 76.1 Å². The highest BCUT2D eigenvalue weighted by Crippen LogP contribution is 2.24. The van der Waals surface area contributed by atoms with Gasteiger partial charge in [-0.3, -0.25) is 4.79 Å². The second-order valence-electron chi connectivity index (χ2n) is 7.65. The van der Waals surface area contributed by atoms with Crippen molar-refractivity contribution in [1.82, 2.24) is 9.97 Å². The van der Waals surface area contributed by atoms with Gasteiger partial charge in [0, 0.05) is 11.4 Å². The van der Waals surface area contributed by atoms with Crippen molar-refractivity contribution in [1.29, 1.82) is 0 Å². The van der Waals surface area contributed by atoms with Crippen molar-refractivity contribution in [3.05, 3.63) is 72.2 Å². The van der Waals surface area contributed by atoms with Gasteiger partial charge in [0.2, 0.25) is 0 Å². The summed E-state index contributed by atoms with van der Waals surface area (Å²) in [5, 5.41) is 6.00. The summed E-state index contributed by atoms with van der Waals surface area (Å²) in [6.07, 6.45) is 3.00. The molecule has 0 saturated carbocycles. The fourth-order valence-corrected chi connectivity index (χ4v) is 2.71. The number of carbonyl (C=O) groups excluding carboxylic acids is 1. The van der Waals surface area contributed by atoms with E-state index in [0.29, 0.717) is 18.1 Å². The lowest BCUT2D eigenvalue weighted by Crippen LogP contribution is -2.14. The minimum atomic E-state index is -0.317. The number of carbonyl (C=O) groups is 1. The highest BCUT2D eigenvalue weighted by Gasteiger charge is 2.13. The highest BCUT2D eigenvalue weighted by atomic mass is 16.5. The summed E-state index contributed by atoms with van der Waals surface area (Å²) in [5.74, 6) is 1.02. The third-order valence-corrected chi connectivity index (χ3v) is 4.33. The standard InChI is InChI=1S/C23H26N4O2/c1-5-29-19-12-10-18(11-13-19)27-22(28)20-14-25-21(15-24-20)26-17-8-6-16(7-9-17)23(2,3)4/h6-15H,5H2,1-4H3,(H,25,26)(H,27,28). The quantitative estimate of drug-likeness (QED) is 0.607. The molecule has 0 aliphatic rings. The predicted molar refractivity (Wildman–Crippen MR) is 116 cm³/mol. The van der Waals surface area contributed by atoms with Crippen molar-refractivity contribution < 1.29 is 9.53 Å². The first kappa shape index (κ1) is 20.3. The van der Waals surface area contributed by atoms with Gasteiger partial charge >= 0.3 is 0 Å². The molecule has 0 radical (unpaired) electrons. The molecule has 0 unspecified atom stereocenters. The number of ether oxygens (including phenoxy) is 1. The summed E-state index contributed by atoms with van der Waals surface area (Å²) >= 11 is 0. The van der Waals surface area contributed by atoms with Crippen LogP contribution in [0.4, 0.5) is 17.2 Å². The van der Waals surface area contributed by atoms with Gasteiger partial charge in [0.25, 0.3) is 5.91 Å². The predicted octanol–water partition coefficient (Wildman–Crippen LogP) is 5.17. The Bertz CT molecular complexity index is 944. The molecular formula is C23H26N4O2. The smallest absolute Gasteiger partial charge is 0.275 e. The number of nitrogens with zero attached hydrogens (tertiary/aromatic N) is 2. The van der Waals surface area contributed by atoms with Crippen LogP contribution < -0.4 is 15.4 Å². The van der Waals surface area contributed by atoms with E-state index in [2.05, 4.69) is 53.5 Å². The monoisotopic (exact) mass is 390 g/mol. The molecule has 1 aromatic heterocycles. The largest absolute Gasteiger partial charge is 0.494 e. The van der Waals surface area contributed by atoms with E-state index in [0.717, 1.165) is 11.4 Å². The number of nitrogens with one attached hydrogen (secondary N) is 2. The number of hydrogen-bond acceptors (Lipinski definition) is 5. The Kier molecular flexibility index (Phi) is 6.12. The molecule has 6 heteroatoms. The third kappa shape index (κ3) is 5.54. The Labute approximate surface area is 171 Å². The maximum absolute atomic E-state index is 12.4. The number of anilines is 3. The molecule has 150 valence electrons. The summed E-state index contributed by atoms with van der Waals surface area (Å²) < 4.78 is 5.39. The zero-order chi connectivity index (χ0) is 20.9. The van der Waals surface area contributed by atoms with Crippen molar-refractivity contribution in [2.75, 3.05) is 17.2 Å². The van der Waals surface area contributed by atoms with E-state index in [1.54, 1.807) is 18.3 Å². The van der Waals surface area contributed by atoms with Crippen LogP contribution in [0.3, 0.4) is 0 Å². The molecule has 0 aliphatic heterocycles. The molecular weight excluding hydrogens is 364 g/mol. The molecule has 0 saturated heterocycles. The van der Waals surface area contributed by atoms with E-state index in [9.17, 15) is 4.79 Å². The third-order valence-electron chi connectivity index (χ3n) is 4.33. The van der Waals surface area contributed by atoms with Gasteiger partial charge in [0.05, 0.1) is 19.0 Å². The van der Waals surface area contributed by atoms with E-state index in [1.807, 2.05) is 31.2 Å². The first-order valence-electron chi connectivity index (χ1n) is 9.59. The molecule has 6 nitrogen and oxygen atoms in total. The maximum Gasteiger partial charge on any atom is 0.275 e. The fraction of sp³-hybridized carbons (Fsp3) is 0.261. The number of aromatic nitrogens is 2. The Morgan fingerprint density at radius 3 is 2.14 bits per heavy atom. The Morgan fingerprint density at radius 2 is 1.59 bits per heavy atom. The van der Waals surface area contributed by atoms with Gasteiger partial charge in [-0.25, -0.2) is 9.97 Å². The average Bonchev–Trinajstić information content (AvgIpc) is 2.70. The molecule has 29 heavy (non-hydrogen) atoms. The van der Waals surface area contributed by atoms with Gasteiger partial charge < -0.3 is 15.4 Å². The molecule has 3 rings (SSSR count). The van der Waals surface area contributed by atoms with Gasteiger partial charge in [0.15, 0.2) is 0 Å². The molecule has 0 atom stereocenters. The Morgan fingerprint density at radius 1 is 0.931 bits per heavy atom. The first-order chi connectivity index (χ1) is 13.8. The van der Waals surface area contributed by atoms with Crippen molar-refractivity contribution in [3.8, 4) is 5.75 Å². The van der Waals surface area contributed by atoms with Gasteiger partial charge in [-0.15, -0.1) is 0 Å². The number of benzene rings is 2. The molecule has 2 aromatic carbocycles. The van der Waals surface area contributed by atoms with Crippen LogP contribution >= 0.6 is 0 Å². The fourth-order valence-electron chi connectivity index (χ4n) is 2.71. The van der Waals surface area contributed by atoms with Gasteiger partial charge in [-0.2, -0.15) is 0 Å². The second kappa shape index (κ2) is 8.73. The Hall–Kier alpha value is -3.41. The number of amides is 1. The van der Waals surface area contributed by atoms with Crippen molar-refractivity contribution in [2.24, 2.45) is 0 Å². The SMILES string of the molecule is CCOc1ccc(NC(=O)c2cnc(Nc3ccc(C(C)(C)C)cc3)cn2)cc1. The van der Waals surface area contributed by atoms with Gasteiger partial charge in [0.1, 0.15) is 17.3 Å². The van der Waals surface area contributed by atoms with E-state index >= 15 is 0 Å². The van der Waals surface area contributed by atoms with Crippen LogP contribution in [0.2, 0.25) is 0 Å². The zero-order valence-corrected chi connectivity index (χ0v) is 17.2. The highest BCUT2D eigenvalue weighted by molar-refractivity contribution is 6.02. The van der Waals surface area contributed by atoms with Crippen LogP contribution in [0, 0.1) is 0 Å². The molecule has 0 fully saturated rings. The van der Waals surface area contributed by atoms with E-state index in [4.69, 9.17) is 4.74 Å². The summed E-state index contributed by atoms with van der Waals surface area (Å²) in [7, 11) is 0. The lowest BCUT2D eigenvalue weighted by Gasteiger charge is -2.19.